The van der Waals surface area contributed by atoms with Crippen molar-refractivity contribution < 1.29 is 13.6 Å². The van der Waals surface area contributed by atoms with Crippen LogP contribution in [0.4, 0.5) is 8.78 Å². The number of benzene rings is 1. The number of azide groups is 1. The van der Waals surface area contributed by atoms with E-state index in [2.05, 4.69) is 15.3 Å². The van der Waals surface area contributed by atoms with Gasteiger partial charge in [-0.05, 0) is 43.6 Å². The zero-order valence-corrected chi connectivity index (χ0v) is 10.9. The summed E-state index contributed by atoms with van der Waals surface area (Å²) in [5, 5.41) is 6.11. The Morgan fingerprint density at radius 2 is 2.25 bits per heavy atom. The lowest BCUT2D eigenvalue weighted by Gasteiger charge is -2.28. The minimum absolute atomic E-state index is 0.159. The van der Waals surface area contributed by atoms with Crippen molar-refractivity contribution in [3.63, 3.8) is 0 Å². The van der Waals surface area contributed by atoms with Crippen LogP contribution in [0.2, 0.25) is 0 Å². The van der Waals surface area contributed by atoms with Crippen molar-refractivity contribution in [1.82, 2.24) is 5.32 Å². The molecule has 1 aromatic carbocycles. The normalized spacial score (nSPS) is 13.3. The maximum Gasteiger partial charge on any atom is 0.242 e. The third kappa shape index (κ3) is 3.66. The summed E-state index contributed by atoms with van der Waals surface area (Å²) in [5.41, 5.74) is 11.7. The highest BCUT2D eigenvalue weighted by Gasteiger charge is 2.35. The number of primary amides is 1. The molecule has 0 aliphatic carbocycles. The first-order valence-corrected chi connectivity index (χ1v) is 5.93. The highest BCUT2D eigenvalue weighted by Crippen LogP contribution is 2.24. The summed E-state index contributed by atoms with van der Waals surface area (Å²) in [5.74, 6) is -2.22. The van der Waals surface area contributed by atoms with Gasteiger partial charge in [-0.3, -0.25) is 10.1 Å². The number of hydrogen-bond donors (Lipinski definition) is 2. The van der Waals surface area contributed by atoms with Crippen LogP contribution in [0.25, 0.3) is 10.4 Å². The summed E-state index contributed by atoms with van der Waals surface area (Å²) >= 11 is 0. The Hall–Kier alpha value is -2.18. The Morgan fingerprint density at radius 1 is 1.55 bits per heavy atom. The molecular weight excluding hydrogens is 268 g/mol. The van der Waals surface area contributed by atoms with E-state index < -0.39 is 23.1 Å². The van der Waals surface area contributed by atoms with Crippen LogP contribution in [0.1, 0.15) is 18.9 Å². The summed E-state index contributed by atoms with van der Waals surface area (Å²) in [6, 6.07) is 2.83. The van der Waals surface area contributed by atoms with Gasteiger partial charge in [0.15, 0.2) is 0 Å². The number of rotatable bonds is 7. The highest BCUT2D eigenvalue weighted by molar-refractivity contribution is 5.85. The predicted octanol–water partition coefficient (Wildman–Crippen LogP) is 1.96. The number of nitrogens with zero attached hydrogens (tertiary/aromatic N) is 3. The summed E-state index contributed by atoms with van der Waals surface area (Å²) in [4.78, 5) is 14.2. The van der Waals surface area contributed by atoms with E-state index in [0.29, 0.717) is 6.42 Å². The van der Waals surface area contributed by atoms with Crippen molar-refractivity contribution >= 4 is 5.91 Å². The van der Waals surface area contributed by atoms with Crippen LogP contribution in [-0.2, 0) is 10.3 Å². The lowest BCUT2D eigenvalue weighted by atomic mass is 9.90. The summed E-state index contributed by atoms with van der Waals surface area (Å²) in [6.45, 7) is 1.86. The fourth-order valence-corrected chi connectivity index (χ4v) is 1.73. The smallest absolute Gasteiger partial charge is 0.242 e. The number of nitrogens with two attached hydrogens (primary N) is 1. The SMILES string of the molecule is CC(NCCCN=[N+]=[N-])(C(N)=O)c1cc(F)ccc1F. The molecule has 0 saturated heterocycles. The van der Waals surface area contributed by atoms with Crippen LogP contribution in [0.3, 0.4) is 0 Å². The van der Waals surface area contributed by atoms with Gasteiger partial charge in [0.2, 0.25) is 5.91 Å². The molecule has 0 aliphatic rings. The third-order valence-electron chi connectivity index (χ3n) is 2.94. The van der Waals surface area contributed by atoms with Gasteiger partial charge in [-0.25, -0.2) is 8.78 Å². The second-order valence-corrected chi connectivity index (χ2v) is 4.35. The highest BCUT2D eigenvalue weighted by atomic mass is 19.1. The quantitative estimate of drug-likeness (QED) is 0.345. The lowest BCUT2D eigenvalue weighted by Crippen LogP contribution is -2.51. The largest absolute Gasteiger partial charge is 0.368 e. The summed E-state index contributed by atoms with van der Waals surface area (Å²) in [7, 11) is 0. The van der Waals surface area contributed by atoms with Crippen molar-refractivity contribution in [1.29, 1.82) is 0 Å². The molecule has 0 aliphatic heterocycles. The molecule has 1 rings (SSSR count). The van der Waals surface area contributed by atoms with Crippen LogP contribution in [0.15, 0.2) is 23.3 Å². The molecule has 6 nitrogen and oxygen atoms in total. The third-order valence-corrected chi connectivity index (χ3v) is 2.94. The topological polar surface area (TPSA) is 104 Å². The number of hydrogen-bond acceptors (Lipinski definition) is 3. The summed E-state index contributed by atoms with van der Waals surface area (Å²) < 4.78 is 27.0. The number of amides is 1. The van der Waals surface area contributed by atoms with Crippen LogP contribution in [-0.4, -0.2) is 19.0 Å². The molecule has 0 fully saturated rings. The van der Waals surface area contributed by atoms with Gasteiger partial charge in [-0.1, -0.05) is 5.11 Å². The van der Waals surface area contributed by atoms with E-state index in [1.54, 1.807) is 0 Å². The van der Waals surface area contributed by atoms with E-state index in [0.717, 1.165) is 18.2 Å². The van der Waals surface area contributed by atoms with Crippen molar-refractivity contribution in [3.8, 4) is 0 Å². The van der Waals surface area contributed by atoms with Gasteiger partial charge in [-0.15, -0.1) is 0 Å². The number of carbonyl (C=O) groups is 1. The molecule has 1 unspecified atom stereocenters. The Morgan fingerprint density at radius 3 is 2.85 bits per heavy atom. The number of nitrogens with one attached hydrogen (secondary N) is 1. The van der Waals surface area contributed by atoms with Gasteiger partial charge in [0.25, 0.3) is 0 Å². The molecule has 3 N–H and O–H groups in total. The monoisotopic (exact) mass is 283 g/mol. The van der Waals surface area contributed by atoms with Crippen LogP contribution < -0.4 is 11.1 Å². The fraction of sp³-hybridized carbons (Fsp3) is 0.417. The molecule has 0 spiro atoms. The minimum Gasteiger partial charge on any atom is -0.368 e. The molecule has 0 aromatic heterocycles. The van der Waals surface area contributed by atoms with Crippen LogP contribution in [0.5, 0.6) is 0 Å². The fourth-order valence-electron chi connectivity index (χ4n) is 1.73. The predicted molar refractivity (Wildman–Crippen MR) is 69.5 cm³/mol. The molecule has 1 amide bonds. The second kappa shape index (κ2) is 6.83. The van der Waals surface area contributed by atoms with Crippen molar-refractivity contribution in [3.05, 3.63) is 45.8 Å². The zero-order chi connectivity index (χ0) is 15.2. The average molecular weight is 283 g/mol. The van der Waals surface area contributed by atoms with E-state index in [-0.39, 0.29) is 18.7 Å². The Labute approximate surface area is 114 Å². The first kappa shape index (κ1) is 15.9. The van der Waals surface area contributed by atoms with E-state index in [4.69, 9.17) is 11.3 Å². The van der Waals surface area contributed by atoms with E-state index >= 15 is 0 Å². The molecule has 0 saturated carbocycles. The zero-order valence-electron chi connectivity index (χ0n) is 10.9. The molecule has 8 heteroatoms. The molecule has 1 atom stereocenters. The van der Waals surface area contributed by atoms with Gasteiger partial charge >= 0.3 is 0 Å². The van der Waals surface area contributed by atoms with Crippen LogP contribution >= 0.6 is 0 Å². The van der Waals surface area contributed by atoms with Crippen molar-refractivity contribution in [2.45, 2.75) is 18.9 Å². The second-order valence-electron chi connectivity index (χ2n) is 4.35. The number of carbonyl (C=O) groups excluding carboxylic acids is 1. The Balaban J connectivity index is 2.93. The molecule has 0 bridgehead atoms. The summed E-state index contributed by atoms with van der Waals surface area (Å²) in [6.07, 6.45) is 0.434. The average Bonchev–Trinajstić information content (AvgIpc) is 2.40. The Bertz CT molecular complexity index is 545. The van der Waals surface area contributed by atoms with Crippen molar-refractivity contribution in [2.75, 3.05) is 13.1 Å². The van der Waals surface area contributed by atoms with E-state index in [1.165, 1.54) is 6.92 Å². The maximum absolute atomic E-state index is 13.8. The van der Waals surface area contributed by atoms with Crippen molar-refractivity contribution in [2.24, 2.45) is 10.8 Å². The van der Waals surface area contributed by atoms with Crippen LogP contribution in [0, 0.1) is 11.6 Å². The van der Waals surface area contributed by atoms with Gasteiger partial charge in [-0.2, -0.15) is 0 Å². The number of halogens is 2. The molecule has 0 radical (unpaired) electrons. The maximum atomic E-state index is 13.8. The van der Waals surface area contributed by atoms with Gasteiger partial charge in [0.05, 0.1) is 0 Å². The molecule has 108 valence electrons. The molecule has 0 heterocycles. The first-order chi connectivity index (χ1) is 9.41. The van der Waals surface area contributed by atoms with Gasteiger partial charge in [0.1, 0.15) is 17.2 Å². The minimum atomic E-state index is -1.54. The molecular formula is C12H15F2N5O. The van der Waals surface area contributed by atoms with E-state index in [9.17, 15) is 13.6 Å². The lowest BCUT2D eigenvalue weighted by molar-refractivity contribution is -0.124. The molecule has 20 heavy (non-hydrogen) atoms. The standard InChI is InChI=1S/C12H15F2N5O/c1-12(11(15)20,17-5-2-6-18-19-16)9-7-8(13)3-4-10(9)14/h3-4,7,17H,2,5-6H2,1H3,(H2,15,20). The first-order valence-electron chi connectivity index (χ1n) is 5.93. The molecule has 1 aromatic rings. The van der Waals surface area contributed by atoms with E-state index in [1.807, 2.05) is 0 Å². The Kier molecular flexibility index (Phi) is 5.42. The van der Waals surface area contributed by atoms with Gasteiger partial charge in [0, 0.05) is 17.0 Å². The van der Waals surface area contributed by atoms with Gasteiger partial charge < -0.3 is 5.73 Å².